The summed E-state index contributed by atoms with van der Waals surface area (Å²) in [4.78, 5) is 2.77. The highest BCUT2D eigenvalue weighted by molar-refractivity contribution is 5.21. The van der Waals surface area contributed by atoms with Crippen molar-refractivity contribution in [2.45, 2.75) is 63.1 Å². The lowest BCUT2D eigenvalue weighted by Crippen LogP contribution is -2.52. The number of likely N-dealkylation sites (N-methyl/N-ethyl adjacent to an activating group) is 2. The maximum Gasteiger partial charge on any atom is 0.0257 e. The molecule has 2 nitrogen and oxygen atoms in total. The SMILES string of the molecule is CCN(C1CC1)C1CC(c2ccccc2)CCC1NC. The highest BCUT2D eigenvalue weighted by Crippen LogP contribution is 2.39. The van der Waals surface area contributed by atoms with E-state index in [1.54, 1.807) is 5.56 Å². The van der Waals surface area contributed by atoms with Crippen molar-refractivity contribution >= 4 is 0 Å². The van der Waals surface area contributed by atoms with Crippen LogP contribution in [0.25, 0.3) is 0 Å². The Kier molecular flexibility index (Phi) is 4.42. The monoisotopic (exact) mass is 272 g/mol. The van der Waals surface area contributed by atoms with Crippen molar-refractivity contribution in [1.82, 2.24) is 10.2 Å². The second-order valence-corrected chi connectivity index (χ2v) is 6.44. The first kappa shape index (κ1) is 14.1. The van der Waals surface area contributed by atoms with Gasteiger partial charge in [-0.1, -0.05) is 37.3 Å². The van der Waals surface area contributed by atoms with Gasteiger partial charge in [0.1, 0.15) is 0 Å². The topological polar surface area (TPSA) is 15.3 Å². The van der Waals surface area contributed by atoms with Gasteiger partial charge in [-0.2, -0.15) is 0 Å². The van der Waals surface area contributed by atoms with Crippen LogP contribution in [-0.4, -0.2) is 36.6 Å². The van der Waals surface area contributed by atoms with Crippen LogP contribution in [0.5, 0.6) is 0 Å². The molecular weight excluding hydrogens is 244 g/mol. The molecule has 2 aliphatic carbocycles. The number of nitrogens with zero attached hydrogens (tertiary/aromatic N) is 1. The molecule has 1 aromatic rings. The lowest BCUT2D eigenvalue weighted by Gasteiger charge is -2.43. The van der Waals surface area contributed by atoms with Gasteiger partial charge in [0.15, 0.2) is 0 Å². The van der Waals surface area contributed by atoms with Gasteiger partial charge < -0.3 is 5.32 Å². The van der Waals surface area contributed by atoms with Crippen LogP contribution in [0.2, 0.25) is 0 Å². The van der Waals surface area contributed by atoms with Gasteiger partial charge in [-0.3, -0.25) is 4.90 Å². The smallest absolute Gasteiger partial charge is 0.0257 e. The molecule has 3 rings (SSSR count). The minimum Gasteiger partial charge on any atom is -0.315 e. The summed E-state index contributed by atoms with van der Waals surface area (Å²) in [5, 5.41) is 3.58. The molecule has 2 heteroatoms. The van der Waals surface area contributed by atoms with E-state index in [0.717, 1.165) is 18.0 Å². The highest BCUT2D eigenvalue weighted by atomic mass is 15.2. The van der Waals surface area contributed by atoms with Crippen LogP contribution in [0.4, 0.5) is 0 Å². The van der Waals surface area contributed by atoms with E-state index in [4.69, 9.17) is 0 Å². The molecule has 0 aliphatic heterocycles. The van der Waals surface area contributed by atoms with Crippen molar-refractivity contribution in [1.29, 1.82) is 0 Å². The lowest BCUT2D eigenvalue weighted by atomic mass is 9.78. The van der Waals surface area contributed by atoms with Gasteiger partial charge in [0.25, 0.3) is 0 Å². The van der Waals surface area contributed by atoms with Gasteiger partial charge in [0.2, 0.25) is 0 Å². The Hall–Kier alpha value is -0.860. The van der Waals surface area contributed by atoms with E-state index in [2.05, 4.69) is 54.5 Å². The van der Waals surface area contributed by atoms with E-state index in [-0.39, 0.29) is 0 Å². The molecule has 0 amide bonds. The van der Waals surface area contributed by atoms with E-state index in [1.807, 2.05) is 0 Å². The fraction of sp³-hybridized carbons (Fsp3) is 0.667. The van der Waals surface area contributed by atoms with Crippen LogP contribution in [-0.2, 0) is 0 Å². The summed E-state index contributed by atoms with van der Waals surface area (Å²) >= 11 is 0. The van der Waals surface area contributed by atoms with Crippen LogP contribution >= 0.6 is 0 Å². The average molecular weight is 272 g/mol. The van der Waals surface area contributed by atoms with Crippen molar-refractivity contribution in [2.24, 2.45) is 0 Å². The Morgan fingerprint density at radius 3 is 2.45 bits per heavy atom. The van der Waals surface area contributed by atoms with E-state index in [0.29, 0.717) is 6.04 Å². The number of benzene rings is 1. The predicted molar refractivity (Wildman–Crippen MR) is 85.1 cm³/mol. The molecule has 0 heterocycles. The van der Waals surface area contributed by atoms with Crippen LogP contribution in [0.15, 0.2) is 30.3 Å². The van der Waals surface area contributed by atoms with Gasteiger partial charge in [0.05, 0.1) is 0 Å². The minimum absolute atomic E-state index is 0.676. The Bertz CT molecular complexity index is 413. The van der Waals surface area contributed by atoms with Gasteiger partial charge in [0, 0.05) is 18.1 Å². The summed E-state index contributed by atoms with van der Waals surface area (Å²) in [5.74, 6) is 0.749. The summed E-state index contributed by atoms with van der Waals surface area (Å²) in [6, 6.07) is 13.4. The quantitative estimate of drug-likeness (QED) is 0.884. The number of nitrogens with one attached hydrogen (secondary N) is 1. The van der Waals surface area contributed by atoms with Crippen LogP contribution in [0.3, 0.4) is 0 Å². The van der Waals surface area contributed by atoms with E-state index < -0.39 is 0 Å². The summed E-state index contributed by atoms with van der Waals surface area (Å²) in [5.41, 5.74) is 1.54. The van der Waals surface area contributed by atoms with E-state index >= 15 is 0 Å². The zero-order valence-electron chi connectivity index (χ0n) is 12.9. The van der Waals surface area contributed by atoms with E-state index in [9.17, 15) is 0 Å². The van der Waals surface area contributed by atoms with Crippen molar-refractivity contribution < 1.29 is 0 Å². The third-order valence-electron chi connectivity index (χ3n) is 5.27. The van der Waals surface area contributed by atoms with Gasteiger partial charge in [-0.15, -0.1) is 0 Å². The average Bonchev–Trinajstić information content (AvgIpc) is 3.34. The standard InChI is InChI=1S/C18H28N2/c1-3-20(16-10-11-16)18-13-15(9-12-17(18)19-2)14-7-5-4-6-8-14/h4-8,15-19H,3,9-13H2,1-2H3. The Labute approximate surface area is 123 Å². The predicted octanol–water partition coefficient (Wildman–Crippen LogP) is 3.40. The normalized spacial score (nSPS) is 30.6. The number of rotatable bonds is 5. The number of hydrogen-bond donors (Lipinski definition) is 1. The maximum atomic E-state index is 3.58. The van der Waals surface area contributed by atoms with E-state index in [1.165, 1.54) is 38.6 Å². The van der Waals surface area contributed by atoms with Crippen molar-refractivity contribution in [3.8, 4) is 0 Å². The Morgan fingerprint density at radius 2 is 1.85 bits per heavy atom. The Balaban J connectivity index is 1.75. The molecule has 2 aliphatic rings. The molecule has 1 aromatic carbocycles. The first-order valence-corrected chi connectivity index (χ1v) is 8.31. The first-order valence-electron chi connectivity index (χ1n) is 8.31. The summed E-state index contributed by atoms with van der Waals surface area (Å²) in [6.45, 7) is 3.53. The zero-order valence-corrected chi connectivity index (χ0v) is 12.9. The molecule has 1 N–H and O–H groups in total. The lowest BCUT2D eigenvalue weighted by molar-refractivity contribution is 0.114. The largest absolute Gasteiger partial charge is 0.315 e. The fourth-order valence-corrected chi connectivity index (χ4v) is 4.05. The van der Waals surface area contributed by atoms with Crippen LogP contribution in [0.1, 0.15) is 50.5 Å². The van der Waals surface area contributed by atoms with Crippen LogP contribution in [0, 0.1) is 0 Å². The minimum atomic E-state index is 0.676. The molecule has 20 heavy (non-hydrogen) atoms. The molecule has 0 saturated heterocycles. The summed E-state index contributed by atoms with van der Waals surface area (Å²) < 4.78 is 0. The fourth-order valence-electron chi connectivity index (χ4n) is 4.05. The van der Waals surface area contributed by atoms with Crippen molar-refractivity contribution in [3.63, 3.8) is 0 Å². The zero-order chi connectivity index (χ0) is 13.9. The molecule has 110 valence electrons. The first-order chi connectivity index (χ1) is 9.83. The van der Waals surface area contributed by atoms with Gasteiger partial charge in [-0.25, -0.2) is 0 Å². The molecule has 0 radical (unpaired) electrons. The molecule has 0 spiro atoms. The molecule has 0 bridgehead atoms. The maximum absolute atomic E-state index is 3.58. The molecule has 3 unspecified atom stereocenters. The highest BCUT2D eigenvalue weighted by Gasteiger charge is 2.39. The van der Waals surface area contributed by atoms with Crippen LogP contribution < -0.4 is 5.32 Å². The third kappa shape index (κ3) is 2.91. The second kappa shape index (κ2) is 6.28. The Morgan fingerprint density at radius 1 is 1.10 bits per heavy atom. The van der Waals surface area contributed by atoms with Gasteiger partial charge >= 0.3 is 0 Å². The van der Waals surface area contributed by atoms with Crippen molar-refractivity contribution in [2.75, 3.05) is 13.6 Å². The van der Waals surface area contributed by atoms with Gasteiger partial charge in [-0.05, 0) is 57.2 Å². The molecule has 3 atom stereocenters. The molecular formula is C18H28N2. The number of hydrogen-bond acceptors (Lipinski definition) is 2. The molecule has 0 aromatic heterocycles. The third-order valence-corrected chi connectivity index (χ3v) is 5.27. The molecule has 2 saturated carbocycles. The van der Waals surface area contributed by atoms with Crippen molar-refractivity contribution in [3.05, 3.63) is 35.9 Å². The summed E-state index contributed by atoms with van der Waals surface area (Å²) in [7, 11) is 2.14. The molecule has 2 fully saturated rings. The summed E-state index contributed by atoms with van der Waals surface area (Å²) in [6.07, 6.45) is 6.78. The second-order valence-electron chi connectivity index (χ2n) is 6.44.